The van der Waals surface area contributed by atoms with Gasteiger partial charge in [-0.15, -0.1) is 0 Å². The van der Waals surface area contributed by atoms with Crippen LogP contribution in [-0.4, -0.2) is 58.4 Å². The molecule has 2 unspecified atom stereocenters. The largest absolute Gasteiger partial charge is 0.444 e. The minimum atomic E-state index is -3.50. The highest BCUT2D eigenvalue weighted by molar-refractivity contribution is 7.88. The Morgan fingerprint density at radius 1 is 1.31 bits per heavy atom. The zero-order chi connectivity index (χ0) is 24.3. The monoisotopic (exact) mass is 487 g/mol. The van der Waals surface area contributed by atoms with E-state index in [0.29, 0.717) is 18.5 Å². The summed E-state index contributed by atoms with van der Waals surface area (Å²) < 4.78 is 38.0. The second-order valence-electron chi connectivity index (χ2n) is 9.56. The standard InChI is InChI=1S/C20H33N3O7SSi/c1-19(2,3)16-11-20(30-32(5)6,14-21-31(4,27)28)22(12-16)18(24)29-13-15-7-9-17(10-8-15)23(25)26/h7-10,16,21,32H,11-14H2,1-6H3. The maximum absolute atomic E-state index is 13.1. The number of hydrogen-bond donors (Lipinski definition) is 1. The molecule has 0 aliphatic carbocycles. The SMILES string of the molecule is C[SiH](C)OC1(CNS(C)(=O)=O)CC(C(C)(C)C)CN1C(=O)OCc1ccc([N+](=O)[O-])cc1. The lowest BCUT2D eigenvalue weighted by molar-refractivity contribution is -0.384. The summed E-state index contributed by atoms with van der Waals surface area (Å²) in [6.07, 6.45) is 0.942. The first-order valence-electron chi connectivity index (χ1n) is 10.4. The molecule has 1 fully saturated rings. The first-order valence-corrected chi connectivity index (χ1v) is 15.1. The number of carbonyl (C=O) groups excluding carboxylic acids is 1. The molecule has 1 amide bonds. The smallest absolute Gasteiger partial charge is 0.412 e. The zero-order valence-electron chi connectivity index (χ0n) is 19.5. The van der Waals surface area contributed by atoms with E-state index in [1.54, 1.807) is 0 Å². The summed E-state index contributed by atoms with van der Waals surface area (Å²) in [4.78, 5) is 25.0. The number of sulfonamides is 1. The predicted octanol–water partition coefficient (Wildman–Crippen LogP) is 2.84. The minimum Gasteiger partial charge on any atom is -0.444 e. The van der Waals surface area contributed by atoms with Gasteiger partial charge in [0.05, 0.1) is 17.7 Å². The quantitative estimate of drug-likeness (QED) is 0.339. The molecule has 2 rings (SSSR count). The molecule has 1 aliphatic heterocycles. The molecule has 32 heavy (non-hydrogen) atoms. The van der Waals surface area contributed by atoms with Gasteiger partial charge < -0.3 is 9.16 Å². The van der Waals surface area contributed by atoms with Gasteiger partial charge in [0.1, 0.15) is 12.3 Å². The molecule has 0 spiro atoms. The van der Waals surface area contributed by atoms with Gasteiger partial charge in [0, 0.05) is 25.1 Å². The van der Waals surface area contributed by atoms with Crippen LogP contribution >= 0.6 is 0 Å². The summed E-state index contributed by atoms with van der Waals surface area (Å²) in [5.74, 6) is 0.0727. The molecule has 0 aromatic heterocycles. The molecule has 10 nitrogen and oxygen atoms in total. The summed E-state index contributed by atoms with van der Waals surface area (Å²) in [6, 6.07) is 5.76. The van der Waals surface area contributed by atoms with Gasteiger partial charge in [0.2, 0.25) is 10.0 Å². The van der Waals surface area contributed by atoms with E-state index in [0.717, 1.165) is 6.26 Å². The summed E-state index contributed by atoms with van der Waals surface area (Å²) in [5.41, 5.74) is -0.706. The first kappa shape index (κ1) is 26.2. The number of nitrogens with one attached hydrogen (secondary N) is 1. The van der Waals surface area contributed by atoms with Crippen LogP contribution in [0.2, 0.25) is 13.1 Å². The highest BCUT2D eigenvalue weighted by Crippen LogP contribution is 2.43. The molecular weight excluding hydrogens is 454 g/mol. The lowest BCUT2D eigenvalue weighted by Crippen LogP contribution is -2.57. The second-order valence-corrected chi connectivity index (χ2v) is 13.7. The van der Waals surface area contributed by atoms with Crippen molar-refractivity contribution in [1.29, 1.82) is 0 Å². The molecule has 1 aromatic carbocycles. The number of non-ortho nitro benzene ring substituents is 1. The van der Waals surface area contributed by atoms with Crippen molar-refractivity contribution in [2.45, 2.75) is 52.6 Å². The number of benzene rings is 1. The summed E-state index contributed by atoms with van der Waals surface area (Å²) in [5, 5.41) is 10.8. The molecule has 1 aromatic rings. The fraction of sp³-hybridized carbons (Fsp3) is 0.650. The third-order valence-corrected chi connectivity index (χ3v) is 7.06. The van der Waals surface area contributed by atoms with Crippen LogP contribution in [0.25, 0.3) is 0 Å². The van der Waals surface area contributed by atoms with Crippen molar-refractivity contribution in [3.05, 3.63) is 39.9 Å². The maximum atomic E-state index is 13.1. The maximum Gasteiger partial charge on any atom is 0.412 e. The number of amides is 1. The number of carbonyl (C=O) groups is 1. The predicted molar refractivity (Wildman–Crippen MR) is 123 cm³/mol. The van der Waals surface area contributed by atoms with Crippen LogP contribution in [-0.2, 0) is 25.8 Å². The van der Waals surface area contributed by atoms with E-state index in [1.807, 2.05) is 13.1 Å². The molecule has 1 N–H and O–H groups in total. The molecule has 12 heteroatoms. The van der Waals surface area contributed by atoms with Crippen molar-refractivity contribution in [2.75, 3.05) is 19.3 Å². The molecule has 0 saturated carbocycles. The Morgan fingerprint density at radius 3 is 2.38 bits per heavy atom. The Labute approximate surface area is 191 Å². The van der Waals surface area contributed by atoms with Crippen LogP contribution in [0.4, 0.5) is 10.5 Å². The fourth-order valence-electron chi connectivity index (χ4n) is 3.71. The van der Waals surface area contributed by atoms with E-state index in [1.165, 1.54) is 29.2 Å². The summed E-state index contributed by atoms with van der Waals surface area (Å²) >= 11 is 0. The molecule has 1 heterocycles. The Bertz CT molecular complexity index is 932. The Kier molecular flexibility index (Phi) is 8.08. The van der Waals surface area contributed by atoms with E-state index in [-0.39, 0.29) is 30.2 Å². The van der Waals surface area contributed by atoms with Crippen LogP contribution in [0.5, 0.6) is 0 Å². The zero-order valence-corrected chi connectivity index (χ0v) is 21.4. The van der Waals surface area contributed by atoms with Gasteiger partial charge in [-0.1, -0.05) is 20.8 Å². The topological polar surface area (TPSA) is 128 Å². The van der Waals surface area contributed by atoms with Crippen LogP contribution in [0.15, 0.2) is 24.3 Å². The van der Waals surface area contributed by atoms with Crippen molar-refractivity contribution in [2.24, 2.45) is 11.3 Å². The van der Waals surface area contributed by atoms with E-state index < -0.39 is 35.8 Å². The Hall–Kier alpha value is -2.02. The van der Waals surface area contributed by atoms with Crippen molar-refractivity contribution in [1.82, 2.24) is 9.62 Å². The van der Waals surface area contributed by atoms with Crippen LogP contribution < -0.4 is 4.72 Å². The van der Waals surface area contributed by atoms with Gasteiger partial charge in [0.15, 0.2) is 9.04 Å². The van der Waals surface area contributed by atoms with E-state index in [9.17, 15) is 23.3 Å². The molecule has 1 aliphatic rings. The average Bonchev–Trinajstić information content (AvgIpc) is 3.04. The number of hydrogen-bond acceptors (Lipinski definition) is 7. The first-order chi connectivity index (χ1) is 14.6. The summed E-state index contributed by atoms with van der Waals surface area (Å²) in [6.45, 7) is 10.4. The van der Waals surface area contributed by atoms with Crippen molar-refractivity contribution >= 4 is 30.8 Å². The van der Waals surface area contributed by atoms with Gasteiger partial charge >= 0.3 is 6.09 Å². The van der Waals surface area contributed by atoms with Gasteiger partial charge in [0.25, 0.3) is 5.69 Å². The summed E-state index contributed by atoms with van der Waals surface area (Å²) in [7, 11) is -5.18. The van der Waals surface area contributed by atoms with Crippen molar-refractivity contribution < 1.29 is 27.3 Å². The molecule has 1 saturated heterocycles. The molecule has 0 radical (unpaired) electrons. The van der Waals surface area contributed by atoms with Gasteiger partial charge in [-0.05, 0) is 42.1 Å². The van der Waals surface area contributed by atoms with Gasteiger partial charge in [-0.2, -0.15) is 0 Å². The minimum absolute atomic E-state index is 0.0474. The van der Waals surface area contributed by atoms with Crippen LogP contribution in [0.1, 0.15) is 32.8 Å². The van der Waals surface area contributed by atoms with Gasteiger partial charge in [-0.3, -0.25) is 15.0 Å². The molecular formula is C20H33N3O7SSi. The Balaban J connectivity index is 2.26. The third-order valence-electron chi connectivity index (χ3n) is 5.48. The van der Waals surface area contributed by atoms with Crippen LogP contribution in [0.3, 0.4) is 0 Å². The third kappa shape index (κ3) is 6.99. The number of nitro groups is 1. The highest BCUT2D eigenvalue weighted by Gasteiger charge is 2.53. The van der Waals surface area contributed by atoms with Crippen molar-refractivity contribution in [3.63, 3.8) is 0 Å². The fourth-order valence-corrected chi connectivity index (χ4v) is 5.38. The number of nitrogens with zero attached hydrogens (tertiary/aromatic N) is 2. The average molecular weight is 488 g/mol. The van der Waals surface area contributed by atoms with E-state index in [2.05, 4.69) is 25.5 Å². The number of nitro benzene ring substituents is 1. The number of rotatable bonds is 8. The van der Waals surface area contributed by atoms with Crippen LogP contribution in [0, 0.1) is 21.4 Å². The normalized spacial score (nSPS) is 21.7. The Morgan fingerprint density at radius 2 is 1.91 bits per heavy atom. The lowest BCUT2D eigenvalue weighted by Gasteiger charge is -2.39. The molecule has 180 valence electrons. The van der Waals surface area contributed by atoms with Crippen molar-refractivity contribution in [3.8, 4) is 0 Å². The lowest BCUT2D eigenvalue weighted by atomic mass is 9.79. The van der Waals surface area contributed by atoms with E-state index in [4.69, 9.17) is 9.16 Å². The molecule has 2 atom stereocenters. The molecule has 0 bridgehead atoms. The highest BCUT2D eigenvalue weighted by atomic mass is 32.2. The van der Waals surface area contributed by atoms with E-state index >= 15 is 0 Å². The second kappa shape index (κ2) is 9.85. The number of likely N-dealkylation sites (tertiary alicyclic amines) is 1. The van der Waals surface area contributed by atoms with Gasteiger partial charge in [-0.25, -0.2) is 17.9 Å². The number of ether oxygens (including phenoxy) is 1.